The van der Waals surface area contributed by atoms with Crippen LogP contribution in [0.5, 0.6) is 0 Å². The number of aliphatic hydroxyl groups is 1. The summed E-state index contributed by atoms with van der Waals surface area (Å²) in [6.07, 6.45) is 3.44. The summed E-state index contributed by atoms with van der Waals surface area (Å²) in [5, 5.41) is 8.65. The molecule has 1 aliphatic heterocycles. The van der Waals surface area contributed by atoms with E-state index in [1.54, 1.807) is 0 Å². The van der Waals surface area contributed by atoms with Crippen molar-refractivity contribution in [3.8, 4) is 11.8 Å². The predicted molar refractivity (Wildman–Crippen MR) is 77.2 cm³/mol. The van der Waals surface area contributed by atoms with E-state index in [-0.39, 0.29) is 12.5 Å². The van der Waals surface area contributed by atoms with E-state index in [4.69, 9.17) is 5.11 Å². The van der Waals surface area contributed by atoms with Crippen molar-refractivity contribution in [1.29, 1.82) is 0 Å². The lowest BCUT2D eigenvalue weighted by Crippen LogP contribution is -2.37. The average molecular weight is 277 g/mol. The van der Waals surface area contributed by atoms with Crippen LogP contribution in [-0.2, 0) is 0 Å². The predicted octanol–water partition coefficient (Wildman–Crippen LogP) is 2.35. The Labute approximate surface area is 118 Å². The highest BCUT2D eigenvalue weighted by Crippen LogP contribution is 2.23. The molecule has 0 aromatic carbocycles. The quantitative estimate of drug-likeness (QED) is 0.843. The zero-order chi connectivity index (χ0) is 13.7. The van der Waals surface area contributed by atoms with E-state index >= 15 is 0 Å². The maximum absolute atomic E-state index is 12.3. The van der Waals surface area contributed by atoms with Crippen LogP contribution >= 0.6 is 11.3 Å². The van der Waals surface area contributed by atoms with Crippen LogP contribution in [0.15, 0.2) is 12.1 Å². The van der Waals surface area contributed by atoms with Crippen LogP contribution in [0, 0.1) is 17.8 Å². The lowest BCUT2D eigenvalue weighted by atomic mass is 9.94. The van der Waals surface area contributed by atoms with Gasteiger partial charge in [-0.05, 0) is 30.9 Å². The smallest absolute Gasteiger partial charge is 0.263 e. The molecule has 1 aromatic rings. The van der Waals surface area contributed by atoms with E-state index in [0.717, 1.165) is 41.6 Å². The first kappa shape index (κ1) is 14.1. The van der Waals surface area contributed by atoms with E-state index in [9.17, 15) is 4.79 Å². The van der Waals surface area contributed by atoms with Gasteiger partial charge in [-0.2, -0.15) is 0 Å². The molecule has 1 N–H and O–H groups in total. The van der Waals surface area contributed by atoms with Crippen molar-refractivity contribution in [2.24, 2.45) is 5.92 Å². The average Bonchev–Trinajstić information content (AvgIpc) is 2.93. The molecule has 0 saturated carbocycles. The Morgan fingerprint density at radius 1 is 1.47 bits per heavy atom. The molecule has 1 aliphatic rings. The highest BCUT2D eigenvalue weighted by atomic mass is 32.1. The summed E-state index contributed by atoms with van der Waals surface area (Å²) in [5.74, 6) is 6.34. The maximum Gasteiger partial charge on any atom is 0.263 e. The minimum Gasteiger partial charge on any atom is -0.384 e. The summed E-state index contributed by atoms with van der Waals surface area (Å²) in [6.45, 7) is 3.80. The summed E-state index contributed by atoms with van der Waals surface area (Å²) < 4.78 is 0. The standard InChI is InChI=1S/C15H19NO2S/c1-2-12-7-9-16(10-8-12)15(18)14-6-5-13(19-14)4-3-11-17/h5-6,12,17H,2,7-11H2,1H3. The van der Waals surface area contributed by atoms with Crippen LogP contribution in [0.4, 0.5) is 0 Å². The van der Waals surface area contributed by atoms with Gasteiger partial charge in [0.05, 0.1) is 9.75 Å². The molecule has 1 saturated heterocycles. The summed E-state index contributed by atoms with van der Waals surface area (Å²) in [5.41, 5.74) is 0. The van der Waals surface area contributed by atoms with Gasteiger partial charge in [-0.25, -0.2) is 0 Å². The molecule has 0 aliphatic carbocycles. The second-order valence-electron chi connectivity index (χ2n) is 4.77. The summed E-state index contributed by atoms with van der Waals surface area (Å²) in [4.78, 5) is 15.8. The van der Waals surface area contributed by atoms with Gasteiger partial charge in [0.15, 0.2) is 0 Å². The van der Waals surface area contributed by atoms with Crippen LogP contribution in [0.1, 0.15) is 40.7 Å². The molecule has 1 amide bonds. The number of aliphatic hydroxyl groups excluding tert-OH is 1. The molecule has 2 heterocycles. The molecule has 3 nitrogen and oxygen atoms in total. The molecule has 2 rings (SSSR count). The molecule has 0 unspecified atom stereocenters. The number of likely N-dealkylation sites (tertiary alicyclic amines) is 1. The fourth-order valence-electron chi connectivity index (χ4n) is 2.35. The number of rotatable bonds is 2. The van der Waals surface area contributed by atoms with Gasteiger partial charge in [0.25, 0.3) is 5.91 Å². The Morgan fingerprint density at radius 3 is 2.84 bits per heavy atom. The van der Waals surface area contributed by atoms with E-state index < -0.39 is 0 Å². The number of nitrogens with zero attached hydrogens (tertiary/aromatic N) is 1. The number of carbonyl (C=O) groups excluding carboxylic acids is 1. The van der Waals surface area contributed by atoms with Crippen LogP contribution in [0.3, 0.4) is 0 Å². The van der Waals surface area contributed by atoms with E-state index in [0.29, 0.717) is 0 Å². The monoisotopic (exact) mass is 277 g/mol. The third-order valence-electron chi connectivity index (χ3n) is 3.59. The molecule has 1 aromatic heterocycles. The molecular formula is C15H19NO2S. The SMILES string of the molecule is CCC1CCN(C(=O)c2ccc(C#CCO)s2)CC1. The summed E-state index contributed by atoms with van der Waals surface area (Å²) >= 11 is 1.41. The van der Waals surface area contributed by atoms with Gasteiger partial charge < -0.3 is 10.0 Å². The number of carbonyl (C=O) groups is 1. The summed E-state index contributed by atoms with van der Waals surface area (Å²) in [6, 6.07) is 3.68. The van der Waals surface area contributed by atoms with E-state index in [1.807, 2.05) is 17.0 Å². The lowest BCUT2D eigenvalue weighted by molar-refractivity contribution is 0.0693. The summed E-state index contributed by atoms with van der Waals surface area (Å²) in [7, 11) is 0. The molecule has 102 valence electrons. The fraction of sp³-hybridized carbons (Fsp3) is 0.533. The molecule has 1 fully saturated rings. The van der Waals surface area contributed by atoms with Gasteiger partial charge in [0.2, 0.25) is 0 Å². The largest absolute Gasteiger partial charge is 0.384 e. The third-order valence-corrected chi connectivity index (χ3v) is 4.58. The topological polar surface area (TPSA) is 40.5 Å². The van der Waals surface area contributed by atoms with Crippen molar-refractivity contribution in [3.63, 3.8) is 0 Å². The molecule has 0 bridgehead atoms. The highest BCUT2D eigenvalue weighted by Gasteiger charge is 2.23. The third kappa shape index (κ3) is 3.59. The van der Waals surface area contributed by atoms with Gasteiger partial charge in [-0.1, -0.05) is 25.2 Å². The normalized spacial score (nSPS) is 16.0. The van der Waals surface area contributed by atoms with Gasteiger partial charge in [-0.15, -0.1) is 11.3 Å². The number of thiophene rings is 1. The minimum atomic E-state index is -0.147. The lowest BCUT2D eigenvalue weighted by Gasteiger charge is -2.31. The van der Waals surface area contributed by atoms with Crippen LogP contribution in [0.2, 0.25) is 0 Å². The van der Waals surface area contributed by atoms with Crippen LogP contribution in [0.25, 0.3) is 0 Å². The highest BCUT2D eigenvalue weighted by molar-refractivity contribution is 7.14. The Bertz CT molecular complexity index is 490. The second-order valence-corrected chi connectivity index (χ2v) is 5.85. The molecular weight excluding hydrogens is 258 g/mol. The van der Waals surface area contributed by atoms with Gasteiger partial charge in [0.1, 0.15) is 6.61 Å². The van der Waals surface area contributed by atoms with Crippen molar-refractivity contribution in [2.45, 2.75) is 26.2 Å². The Balaban J connectivity index is 1.98. The number of piperidine rings is 1. The van der Waals surface area contributed by atoms with Crippen molar-refractivity contribution >= 4 is 17.2 Å². The Morgan fingerprint density at radius 2 is 2.21 bits per heavy atom. The molecule has 4 heteroatoms. The van der Waals surface area contributed by atoms with Crippen molar-refractivity contribution in [2.75, 3.05) is 19.7 Å². The maximum atomic E-state index is 12.3. The first-order chi connectivity index (χ1) is 9.24. The fourth-order valence-corrected chi connectivity index (χ4v) is 3.20. The number of amides is 1. The molecule has 0 radical (unpaired) electrons. The van der Waals surface area contributed by atoms with Crippen molar-refractivity contribution in [1.82, 2.24) is 4.90 Å². The molecule has 0 atom stereocenters. The van der Waals surface area contributed by atoms with Crippen molar-refractivity contribution < 1.29 is 9.90 Å². The molecule has 0 spiro atoms. The van der Waals surface area contributed by atoms with E-state index in [2.05, 4.69) is 18.8 Å². The second kappa shape index (κ2) is 6.74. The van der Waals surface area contributed by atoms with Crippen molar-refractivity contribution in [3.05, 3.63) is 21.9 Å². The minimum absolute atomic E-state index is 0.122. The number of hydrogen-bond acceptors (Lipinski definition) is 3. The van der Waals surface area contributed by atoms with Gasteiger partial charge >= 0.3 is 0 Å². The molecule has 19 heavy (non-hydrogen) atoms. The van der Waals surface area contributed by atoms with Gasteiger partial charge in [-0.3, -0.25) is 4.79 Å². The van der Waals surface area contributed by atoms with Crippen LogP contribution in [-0.4, -0.2) is 35.6 Å². The first-order valence-corrected chi connectivity index (χ1v) is 7.55. The number of hydrogen-bond donors (Lipinski definition) is 1. The van der Waals surface area contributed by atoms with Gasteiger partial charge in [0, 0.05) is 13.1 Å². The Kier molecular flexibility index (Phi) is 5.00. The Hall–Kier alpha value is -1.31. The zero-order valence-corrected chi connectivity index (χ0v) is 12.0. The van der Waals surface area contributed by atoms with E-state index in [1.165, 1.54) is 17.8 Å². The zero-order valence-electron chi connectivity index (χ0n) is 11.2. The first-order valence-electron chi connectivity index (χ1n) is 6.73. The van der Waals surface area contributed by atoms with Crippen LogP contribution < -0.4 is 0 Å².